The van der Waals surface area contributed by atoms with Crippen LogP contribution in [0.5, 0.6) is 0 Å². The largest absolute Gasteiger partial charge is 0.263 e. The molecular weight excluding hydrogens is 273 g/mol. The van der Waals surface area contributed by atoms with Crippen LogP contribution in [-0.2, 0) is 6.42 Å². The number of halogens is 2. The van der Waals surface area contributed by atoms with E-state index in [1.54, 1.807) is 0 Å². The van der Waals surface area contributed by atoms with Gasteiger partial charge in [-0.05, 0) is 58.7 Å². The van der Waals surface area contributed by atoms with Gasteiger partial charge in [0, 0.05) is 22.2 Å². The van der Waals surface area contributed by atoms with Gasteiger partial charge in [0.2, 0.25) is 0 Å². The molecule has 1 fully saturated rings. The molecule has 1 nitrogen and oxygen atoms in total. The molecule has 1 heterocycles. The first kappa shape index (κ1) is 11.4. The third-order valence-corrected chi connectivity index (χ3v) is 4.44. The summed E-state index contributed by atoms with van der Waals surface area (Å²) in [5, 5.41) is 0.370. The van der Waals surface area contributed by atoms with Gasteiger partial charge in [-0.1, -0.05) is 6.92 Å². The predicted octanol–water partition coefficient (Wildman–Crippen LogP) is 4.04. The summed E-state index contributed by atoms with van der Waals surface area (Å²) in [7, 11) is 0. The van der Waals surface area contributed by atoms with Gasteiger partial charge in [-0.3, -0.25) is 4.98 Å². The van der Waals surface area contributed by atoms with Gasteiger partial charge in [-0.25, -0.2) is 0 Å². The van der Waals surface area contributed by atoms with Gasteiger partial charge in [0.15, 0.2) is 0 Å². The standard InChI is InChI=1S/C12H15BrClN/c1-8-10(2-3-12(8)14)4-9-5-11(13)7-15-6-9/h5-8,10,12H,2-4H2,1H3. The second-order valence-electron chi connectivity index (χ2n) is 4.43. The number of aromatic nitrogens is 1. The zero-order valence-corrected chi connectivity index (χ0v) is 11.1. The Balaban J connectivity index is 2.03. The van der Waals surface area contributed by atoms with E-state index in [2.05, 4.69) is 33.9 Å². The number of alkyl halides is 1. The molecule has 3 atom stereocenters. The minimum absolute atomic E-state index is 0.370. The molecule has 0 radical (unpaired) electrons. The average Bonchev–Trinajstić information content (AvgIpc) is 2.50. The van der Waals surface area contributed by atoms with Crippen molar-refractivity contribution < 1.29 is 0 Å². The van der Waals surface area contributed by atoms with Gasteiger partial charge < -0.3 is 0 Å². The molecule has 1 aromatic heterocycles. The molecule has 0 spiro atoms. The molecule has 0 N–H and O–H groups in total. The SMILES string of the molecule is CC1C(Cl)CCC1Cc1cncc(Br)c1. The molecule has 0 aromatic carbocycles. The van der Waals surface area contributed by atoms with E-state index < -0.39 is 0 Å². The third kappa shape index (κ3) is 2.73. The first-order valence-corrected chi connectivity index (χ1v) is 6.63. The Morgan fingerprint density at radius 2 is 2.27 bits per heavy atom. The summed E-state index contributed by atoms with van der Waals surface area (Å²) in [5.74, 6) is 1.36. The molecular formula is C12H15BrClN. The maximum Gasteiger partial charge on any atom is 0.0410 e. The molecule has 0 bridgehead atoms. The van der Waals surface area contributed by atoms with Crippen molar-refractivity contribution in [3.63, 3.8) is 0 Å². The van der Waals surface area contributed by atoms with Crippen LogP contribution in [0.2, 0.25) is 0 Å². The highest BCUT2D eigenvalue weighted by Crippen LogP contribution is 2.37. The Morgan fingerprint density at radius 1 is 1.47 bits per heavy atom. The Bertz CT molecular complexity index is 342. The van der Waals surface area contributed by atoms with E-state index in [1.165, 1.54) is 12.0 Å². The fourth-order valence-electron chi connectivity index (χ4n) is 2.35. The zero-order chi connectivity index (χ0) is 10.8. The van der Waals surface area contributed by atoms with Crippen LogP contribution in [-0.4, -0.2) is 10.4 Å². The van der Waals surface area contributed by atoms with Gasteiger partial charge in [0.25, 0.3) is 0 Å². The molecule has 82 valence electrons. The lowest BCUT2D eigenvalue weighted by Crippen LogP contribution is -2.13. The maximum absolute atomic E-state index is 6.23. The molecule has 15 heavy (non-hydrogen) atoms. The van der Waals surface area contributed by atoms with Crippen LogP contribution < -0.4 is 0 Å². The molecule has 3 unspecified atom stereocenters. The zero-order valence-electron chi connectivity index (χ0n) is 8.79. The minimum Gasteiger partial charge on any atom is -0.263 e. The van der Waals surface area contributed by atoms with Crippen LogP contribution >= 0.6 is 27.5 Å². The smallest absolute Gasteiger partial charge is 0.0410 e. The predicted molar refractivity (Wildman–Crippen MR) is 67.2 cm³/mol. The average molecular weight is 289 g/mol. The monoisotopic (exact) mass is 287 g/mol. The van der Waals surface area contributed by atoms with Crippen LogP contribution in [0.3, 0.4) is 0 Å². The number of nitrogens with zero attached hydrogens (tertiary/aromatic N) is 1. The number of pyridine rings is 1. The highest BCUT2D eigenvalue weighted by atomic mass is 79.9. The Hall–Kier alpha value is -0.0800. The molecule has 3 heteroatoms. The normalized spacial score (nSPS) is 30.7. The van der Waals surface area contributed by atoms with Crippen molar-refractivity contribution in [2.75, 3.05) is 0 Å². The Labute approximate surface area is 104 Å². The highest BCUT2D eigenvalue weighted by molar-refractivity contribution is 9.10. The van der Waals surface area contributed by atoms with Crippen LogP contribution in [0.15, 0.2) is 22.9 Å². The summed E-state index contributed by atoms with van der Waals surface area (Å²) in [6.07, 6.45) is 7.30. The van der Waals surface area contributed by atoms with Gasteiger partial charge in [0.1, 0.15) is 0 Å². The molecule has 0 amide bonds. The Morgan fingerprint density at radius 3 is 2.87 bits per heavy atom. The van der Waals surface area contributed by atoms with Gasteiger partial charge in [0.05, 0.1) is 0 Å². The van der Waals surface area contributed by atoms with Gasteiger partial charge in [-0.15, -0.1) is 11.6 Å². The minimum atomic E-state index is 0.370. The van der Waals surface area contributed by atoms with Crippen LogP contribution in [0.25, 0.3) is 0 Å². The number of hydrogen-bond acceptors (Lipinski definition) is 1. The van der Waals surface area contributed by atoms with Crippen molar-refractivity contribution in [2.24, 2.45) is 11.8 Å². The quantitative estimate of drug-likeness (QED) is 0.749. The van der Waals surface area contributed by atoms with Crippen molar-refractivity contribution in [3.05, 3.63) is 28.5 Å². The summed E-state index contributed by atoms with van der Waals surface area (Å²) >= 11 is 9.68. The molecule has 0 aliphatic heterocycles. The van der Waals surface area contributed by atoms with Crippen molar-refractivity contribution in [1.82, 2.24) is 4.98 Å². The summed E-state index contributed by atoms with van der Waals surface area (Å²) < 4.78 is 1.06. The second kappa shape index (κ2) is 4.84. The topological polar surface area (TPSA) is 12.9 Å². The Kier molecular flexibility index (Phi) is 3.68. The number of hydrogen-bond donors (Lipinski definition) is 0. The maximum atomic E-state index is 6.23. The first-order valence-electron chi connectivity index (χ1n) is 5.40. The second-order valence-corrected chi connectivity index (χ2v) is 5.90. The van der Waals surface area contributed by atoms with Crippen molar-refractivity contribution >= 4 is 27.5 Å². The lowest BCUT2D eigenvalue weighted by Gasteiger charge is -2.16. The van der Waals surface area contributed by atoms with Crippen LogP contribution in [0.4, 0.5) is 0 Å². The number of rotatable bonds is 2. The third-order valence-electron chi connectivity index (χ3n) is 3.39. The summed E-state index contributed by atoms with van der Waals surface area (Å²) in [6.45, 7) is 2.26. The van der Waals surface area contributed by atoms with E-state index >= 15 is 0 Å². The summed E-state index contributed by atoms with van der Waals surface area (Å²) in [6, 6.07) is 2.15. The lowest BCUT2D eigenvalue weighted by molar-refractivity contribution is 0.419. The van der Waals surface area contributed by atoms with E-state index in [-0.39, 0.29) is 0 Å². The highest BCUT2D eigenvalue weighted by Gasteiger charge is 2.31. The van der Waals surface area contributed by atoms with E-state index in [0.29, 0.717) is 11.3 Å². The molecule has 0 saturated heterocycles. The van der Waals surface area contributed by atoms with E-state index in [9.17, 15) is 0 Å². The van der Waals surface area contributed by atoms with Crippen molar-refractivity contribution in [1.29, 1.82) is 0 Å². The van der Waals surface area contributed by atoms with Gasteiger partial charge in [-0.2, -0.15) is 0 Å². The van der Waals surface area contributed by atoms with E-state index in [1.807, 2.05) is 12.4 Å². The first-order chi connectivity index (χ1) is 7.16. The van der Waals surface area contributed by atoms with Crippen LogP contribution in [0, 0.1) is 11.8 Å². The molecule has 2 rings (SSSR count). The van der Waals surface area contributed by atoms with Crippen molar-refractivity contribution in [3.8, 4) is 0 Å². The van der Waals surface area contributed by atoms with Crippen molar-refractivity contribution in [2.45, 2.75) is 31.6 Å². The molecule has 1 aliphatic rings. The summed E-state index contributed by atoms with van der Waals surface area (Å²) in [4.78, 5) is 4.19. The summed E-state index contributed by atoms with van der Waals surface area (Å²) in [5.41, 5.74) is 1.31. The molecule has 1 saturated carbocycles. The van der Waals surface area contributed by atoms with E-state index in [4.69, 9.17) is 11.6 Å². The molecule has 1 aromatic rings. The lowest BCUT2D eigenvalue weighted by atomic mass is 9.91. The van der Waals surface area contributed by atoms with E-state index in [0.717, 1.165) is 23.2 Å². The van der Waals surface area contributed by atoms with Crippen LogP contribution in [0.1, 0.15) is 25.3 Å². The molecule has 1 aliphatic carbocycles. The fraction of sp³-hybridized carbons (Fsp3) is 0.583. The van der Waals surface area contributed by atoms with Gasteiger partial charge >= 0.3 is 0 Å². The fourth-order valence-corrected chi connectivity index (χ4v) is 3.10.